The first kappa shape index (κ1) is 9.08. The third kappa shape index (κ3) is 1.48. The summed E-state index contributed by atoms with van der Waals surface area (Å²) >= 11 is -2.09. The second-order valence-electron chi connectivity index (χ2n) is 3.29. The zero-order valence-corrected chi connectivity index (χ0v) is 10.3. The molecule has 0 atom stereocenters. The Bertz CT molecular complexity index is 503. The Balaban J connectivity index is 2.02. The van der Waals surface area contributed by atoms with Gasteiger partial charge in [0.15, 0.2) is 0 Å². The molecule has 1 aromatic carbocycles. The molecular weight excluding hydrogens is 308 g/mol. The second kappa shape index (κ2) is 3.44. The molecule has 2 heterocycles. The van der Waals surface area contributed by atoms with E-state index >= 15 is 0 Å². The van der Waals surface area contributed by atoms with Gasteiger partial charge in [-0.25, -0.2) is 0 Å². The number of hydrogen-bond donors (Lipinski definition) is 0. The van der Waals surface area contributed by atoms with E-state index in [1.165, 1.54) is 5.56 Å². The van der Waals surface area contributed by atoms with E-state index in [0.717, 1.165) is 14.8 Å². The average Bonchev–Trinajstić information content (AvgIpc) is 2.80. The van der Waals surface area contributed by atoms with Crippen LogP contribution in [0.1, 0.15) is 11.1 Å². The molecule has 0 amide bonds. The number of nitrogens with zero attached hydrogens (tertiary/aromatic N) is 2. The molecule has 15 heavy (non-hydrogen) atoms. The van der Waals surface area contributed by atoms with Crippen molar-refractivity contribution in [3.05, 3.63) is 35.4 Å². The van der Waals surface area contributed by atoms with Crippen LogP contribution in [-0.2, 0) is 6.40 Å². The molecule has 0 N–H and O–H groups in total. The van der Waals surface area contributed by atoms with Crippen LogP contribution in [-0.4, -0.2) is 35.4 Å². The Hall–Kier alpha value is -1.18. The van der Waals surface area contributed by atoms with Gasteiger partial charge < -0.3 is 0 Å². The van der Waals surface area contributed by atoms with E-state index in [1.54, 1.807) is 6.21 Å². The van der Waals surface area contributed by atoms with E-state index in [9.17, 15) is 0 Å². The van der Waals surface area contributed by atoms with Crippen LogP contribution in [0.3, 0.4) is 0 Å². The summed E-state index contributed by atoms with van der Waals surface area (Å²) in [5, 5.41) is 7.83. The van der Waals surface area contributed by atoms with Gasteiger partial charge in [-0.1, -0.05) is 0 Å². The summed E-state index contributed by atoms with van der Waals surface area (Å²) in [7, 11) is 0. The summed E-state index contributed by atoms with van der Waals surface area (Å²) in [5.41, 5.74) is 3.18. The Kier molecular flexibility index (Phi) is 2.08. The second-order valence-corrected chi connectivity index (χ2v) is 6.73. The van der Waals surface area contributed by atoms with Gasteiger partial charge in [-0.2, -0.15) is 0 Å². The van der Waals surface area contributed by atoms with E-state index in [2.05, 4.69) is 29.4 Å². The monoisotopic (exact) mass is 318 g/mol. The van der Waals surface area contributed by atoms with Crippen molar-refractivity contribution in [2.45, 2.75) is 6.92 Å². The van der Waals surface area contributed by atoms with E-state index in [4.69, 9.17) is 6.40 Å². The normalized spacial score (nSPS) is 18.5. The van der Waals surface area contributed by atoms with Crippen molar-refractivity contribution >= 4 is 35.4 Å². The van der Waals surface area contributed by atoms with Gasteiger partial charge in [0.1, 0.15) is 0 Å². The Morgan fingerprint density at radius 2 is 1.93 bits per heavy atom. The molecule has 0 fully saturated rings. The molecule has 0 aliphatic carbocycles. The predicted molar refractivity (Wildman–Crippen MR) is 59.1 cm³/mol. The van der Waals surface area contributed by atoms with Crippen LogP contribution < -0.4 is 0 Å². The van der Waals surface area contributed by atoms with Gasteiger partial charge >= 0.3 is 94.4 Å². The molecule has 0 unspecified atom stereocenters. The van der Waals surface area contributed by atoms with Gasteiger partial charge in [0, 0.05) is 0 Å². The topological polar surface area (TPSA) is 43.2 Å². The Labute approximate surface area is 94.4 Å². The van der Waals surface area contributed by atoms with Crippen molar-refractivity contribution in [3.63, 3.8) is 0 Å². The molecular formula is C10H8N2O2Te. The summed E-state index contributed by atoms with van der Waals surface area (Å²) in [5.74, 6) is 0. The standard InChI is InChI=1S/C10H8N2O2Te/c1-7-2-4-8(5-3-7)10-9-6-11-13-15(9)14-12-10/h2-6H,1H3. The fourth-order valence-electron chi connectivity index (χ4n) is 1.41. The van der Waals surface area contributed by atoms with Gasteiger partial charge in [-0.15, -0.1) is 0 Å². The van der Waals surface area contributed by atoms with Crippen molar-refractivity contribution in [1.29, 1.82) is 0 Å². The molecule has 1 aromatic rings. The van der Waals surface area contributed by atoms with Crippen molar-refractivity contribution < 1.29 is 6.40 Å². The molecule has 0 saturated carbocycles. The molecule has 5 heteroatoms. The minimum absolute atomic E-state index is 0.882. The Morgan fingerprint density at radius 3 is 2.73 bits per heavy atom. The van der Waals surface area contributed by atoms with Crippen LogP contribution in [0.4, 0.5) is 0 Å². The molecule has 0 spiro atoms. The first-order chi connectivity index (χ1) is 7.34. The maximum atomic E-state index is 5.25. The summed E-state index contributed by atoms with van der Waals surface area (Å²) in [6.07, 6.45) is 1.72. The molecule has 76 valence electrons. The number of oxime groups is 2. The zero-order valence-electron chi connectivity index (χ0n) is 8.01. The van der Waals surface area contributed by atoms with Crippen molar-refractivity contribution in [2.75, 3.05) is 0 Å². The molecule has 0 bridgehead atoms. The minimum atomic E-state index is -2.09. The van der Waals surface area contributed by atoms with Gasteiger partial charge in [0.25, 0.3) is 0 Å². The fraction of sp³-hybridized carbons (Fsp3) is 0.100. The first-order valence-electron chi connectivity index (χ1n) is 4.49. The molecule has 2 aliphatic heterocycles. The zero-order chi connectivity index (χ0) is 10.3. The van der Waals surface area contributed by atoms with Crippen LogP contribution in [0.2, 0.25) is 0 Å². The quantitative estimate of drug-likeness (QED) is 0.725. The number of hydrogen-bond acceptors (Lipinski definition) is 4. The predicted octanol–water partition coefficient (Wildman–Crippen LogP) is 0.988. The molecule has 0 saturated heterocycles. The fourth-order valence-corrected chi connectivity index (χ4v) is 3.96. The number of benzene rings is 1. The first-order valence-corrected chi connectivity index (χ1v) is 7.56. The van der Waals surface area contributed by atoms with Crippen LogP contribution in [0.5, 0.6) is 0 Å². The van der Waals surface area contributed by atoms with Crippen LogP contribution in [0.15, 0.2) is 34.6 Å². The Morgan fingerprint density at radius 1 is 1.13 bits per heavy atom. The molecule has 0 radical (unpaired) electrons. The van der Waals surface area contributed by atoms with Gasteiger partial charge in [-0.3, -0.25) is 0 Å². The van der Waals surface area contributed by atoms with E-state index in [0.29, 0.717) is 0 Å². The van der Waals surface area contributed by atoms with Crippen LogP contribution in [0, 0.1) is 6.92 Å². The number of aryl methyl sites for hydroxylation is 1. The summed E-state index contributed by atoms with van der Waals surface area (Å²) in [4.78, 5) is 0. The van der Waals surface area contributed by atoms with Gasteiger partial charge in [0.2, 0.25) is 0 Å². The average molecular weight is 316 g/mol. The SMILES string of the molecule is Cc1ccc(C2=NO[Te]3=C2C=NO3)cc1. The van der Waals surface area contributed by atoms with E-state index in [1.807, 2.05) is 12.1 Å². The van der Waals surface area contributed by atoms with Crippen molar-refractivity contribution in [3.8, 4) is 0 Å². The molecule has 4 nitrogen and oxygen atoms in total. The van der Waals surface area contributed by atoms with Crippen molar-refractivity contribution in [2.24, 2.45) is 10.3 Å². The van der Waals surface area contributed by atoms with Crippen molar-refractivity contribution in [1.82, 2.24) is 0 Å². The molecule has 2 aliphatic rings. The maximum absolute atomic E-state index is 5.25. The number of rotatable bonds is 1. The van der Waals surface area contributed by atoms with Gasteiger partial charge in [-0.05, 0) is 0 Å². The third-order valence-corrected chi connectivity index (χ3v) is 5.32. The summed E-state index contributed by atoms with van der Waals surface area (Å²) < 4.78 is 11.4. The summed E-state index contributed by atoms with van der Waals surface area (Å²) in [6.45, 7) is 2.06. The van der Waals surface area contributed by atoms with Crippen LogP contribution in [0.25, 0.3) is 0 Å². The molecule has 3 rings (SSSR count). The van der Waals surface area contributed by atoms with Crippen LogP contribution >= 0.6 is 0 Å². The van der Waals surface area contributed by atoms with E-state index in [-0.39, 0.29) is 0 Å². The molecule has 0 aromatic heterocycles. The van der Waals surface area contributed by atoms with E-state index < -0.39 is 19.9 Å². The summed E-state index contributed by atoms with van der Waals surface area (Å²) in [6, 6.07) is 8.20. The van der Waals surface area contributed by atoms with Gasteiger partial charge in [0.05, 0.1) is 0 Å². The third-order valence-electron chi connectivity index (χ3n) is 2.21.